The SMILES string of the molecule is C[C@@H]1SCCN(C[C@@H](O)Cn2cccn2)[C@@H]1c1ccccc1. The van der Waals surface area contributed by atoms with Crippen molar-refractivity contribution in [1.82, 2.24) is 14.7 Å². The molecule has 1 aromatic carbocycles. The van der Waals surface area contributed by atoms with E-state index in [9.17, 15) is 5.11 Å². The van der Waals surface area contributed by atoms with Crippen molar-refractivity contribution in [2.75, 3.05) is 18.8 Å². The van der Waals surface area contributed by atoms with E-state index < -0.39 is 6.10 Å². The van der Waals surface area contributed by atoms with Crippen molar-refractivity contribution in [2.24, 2.45) is 0 Å². The molecule has 118 valence electrons. The van der Waals surface area contributed by atoms with Gasteiger partial charge in [0, 0.05) is 42.5 Å². The number of aliphatic hydroxyl groups is 1. The molecule has 22 heavy (non-hydrogen) atoms. The lowest BCUT2D eigenvalue weighted by molar-refractivity contribution is 0.0738. The third-order valence-corrected chi connectivity index (χ3v) is 5.34. The van der Waals surface area contributed by atoms with E-state index in [2.05, 4.69) is 47.3 Å². The molecule has 0 amide bonds. The Bertz CT molecular complexity index is 561. The van der Waals surface area contributed by atoms with Gasteiger partial charge in [-0.3, -0.25) is 9.58 Å². The maximum Gasteiger partial charge on any atom is 0.0862 e. The molecule has 1 aliphatic rings. The van der Waals surface area contributed by atoms with E-state index in [0.29, 0.717) is 24.4 Å². The molecule has 1 N–H and O–H groups in total. The summed E-state index contributed by atoms with van der Waals surface area (Å²) < 4.78 is 1.80. The highest BCUT2D eigenvalue weighted by Gasteiger charge is 2.31. The van der Waals surface area contributed by atoms with Crippen molar-refractivity contribution in [2.45, 2.75) is 30.9 Å². The van der Waals surface area contributed by atoms with Gasteiger partial charge < -0.3 is 5.11 Å². The molecular formula is C17H23N3OS. The summed E-state index contributed by atoms with van der Waals surface area (Å²) >= 11 is 2.02. The Morgan fingerprint density at radius 1 is 1.27 bits per heavy atom. The van der Waals surface area contributed by atoms with Crippen LogP contribution in [0.15, 0.2) is 48.8 Å². The summed E-state index contributed by atoms with van der Waals surface area (Å²) in [7, 11) is 0. The van der Waals surface area contributed by atoms with Crippen molar-refractivity contribution >= 4 is 11.8 Å². The lowest BCUT2D eigenvalue weighted by Gasteiger charge is -2.40. The lowest BCUT2D eigenvalue weighted by Crippen LogP contribution is -2.44. The van der Waals surface area contributed by atoms with Crippen LogP contribution in [0.4, 0.5) is 0 Å². The van der Waals surface area contributed by atoms with Gasteiger partial charge in [-0.2, -0.15) is 16.9 Å². The number of aromatic nitrogens is 2. The molecule has 3 rings (SSSR count). The highest BCUT2D eigenvalue weighted by molar-refractivity contribution is 8.00. The second kappa shape index (κ2) is 7.31. The van der Waals surface area contributed by atoms with Gasteiger partial charge in [0.25, 0.3) is 0 Å². The quantitative estimate of drug-likeness (QED) is 0.919. The Morgan fingerprint density at radius 3 is 2.82 bits per heavy atom. The fourth-order valence-corrected chi connectivity index (χ4v) is 4.40. The van der Waals surface area contributed by atoms with Crippen LogP contribution < -0.4 is 0 Å². The first-order chi connectivity index (χ1) is 10.7. The minimum Gasteiger partial charge on any atom is -0.390 e. The van der Waals surface area contributed by atoms with Gasteiger partial charge in [0.05, 0.1) is 12.6 Å². The topological polar surface area (TPSA) is 41.3 Å². The molecule has 0 bridgehead atoms. The van der Waals surface area contributed by atoms with Gasteiger partial charge in [0.1, 0.15) is 0 Å². The van der Waals surface area contributed by atoms with Crippen molar-refractivity contribution in [3.63, 3.8) is 0 Å². The van der Waals surface area contributed by atoms with Crippen LogP contribution in [0.25, 0.3) is 0 Å². The second-order valence-electron chi connectivity index (χ2n) is 5.81. The predicted molar refractivity (Wildman–Crippen MR) is 90.9 cm³/mol. The second-order valence-corrected chi connectivity index (χ2v) is 7.29. The zero-order chi connectivity index (χ0) is 15.4. The molecule has 0 radical (unpaired) electrons. The predicted octanol–water partition coefficient (Wildman–Crippen LogP) is 2.42. The normalized spacial score (nSPS) is 24.3. The van der Waals surface area contributed by atoms with E-state index in [4.69, 9.17) is 0 Å². The molecule has 2 aromatic rings. The van der Waals surface area contributed by atoms with Crippen LogP contribution in [0.2, 0.25) is 0 Å². The monoisotopic (exact) mass is 317 g/mol. The highest BCUT2D eigenvalue weighted by Crippen LogP contribution is 2.35. The van der Waals surface area contributed by atoms with Crippen LogP contribution >= 0.6 is 11.8 Å². The molecule has 0 saturated carbocycles. The molecule has 1 saturated heterocycles. The Morgan fingerprint density at radius 2 is 2.09 bits per heavy atom. The van der Waals surface area contributed by atoms with Crippen LogP contribution in [0.3, 0.4) is 0 Å². The minimum absolute atomic E-state index is 0.368. The number of thioether (sulfide) groups is 1. The average molecular weight is 317 g/mol. The molecule has 1 aliphatic heterocycles. The Hall–Kier alpha value is -1.30. The first-order valence-electron chi connectivity index (χ1n) is 7.80. The summed E-state index contributed by atoms with van der Waals surface area (Å²) in [4.78, 5) is 2.42. The number of hydrogen-bond acceptors (Lipinski definition) is 4. The van der Waals surface area contributed by atoms with E-state index in [0.717, 1.165) is 12.3 Å². The summed E-state index contributed by atoms with van der Waals surface area (Å²) in [5.41, 5.74) is 1.34. The van der Waals surface area contributed by atoms with E-state index >= 15 is 0 Å². The summed E-state index contributed by atoms with van der Waals surface area (Å²) in [6, 6.07) is 12.9. The number of aliphatic hydroxyl groups excluding tert-OH is 1. The molecule has 0 spiro atoms. The smallest absolute Gasteiger partial charge is 0.0862 e. The van der Waals surface area contributed by atoms with Crippen LogP contribution in [-0.4, -0.2) is 50.0 Å². The highest BCUT2D eigenvalue weighted by atomic mass is 32.2. The molecular weight excluding hydrogens is 294 g/mol. The third kappa shape index (κ3) is 3.72. The molecule has 1 fully saturated rings. The van der Waals surface area contributed by atoms with E-state index in [-0.39, 0.29) is 0 Å². The van der Waals surface area contributed by atoms with Crippen molar-refractivity contribution in [3.05, 3.63) is 54.4 Å². The summed E-state index contributed by atoms with van der Waals surface area (Å²) in [5.74, 6) is 1.12. The largest absolute Gasteiger partial charge is 0.390 e. The van der Waals surface area contributed by atoms with Crippen molar-refractivity contribution in [3.8, 4) is 0 Å². The zero-order valence-electron chi connectivity index (χ0n) is 12.9. The van der Waals surface area contributed by atoms with Gasteiger partial charge in [-0.05, 0) is 11.6 Å². The first kappa shape index (κ1) is 15.6. The van der Waals surface area contributed by atoms with Gasteiger partial charge in [0.2, 0.25) is 0 Å². The van der Waals surface area contributed by atoms with E-state index in [1.54, 1.807) is 10.9 Å². The van der Waals surface area contributed by atoms with Crippen LogP contribution in [-0.2, 0) is 6.54 Å². The Labute approximate surface area is 136 Å². The maximum absolute atomic E-state index is 10.4. The summed E-state index contributed by atoms with van der Waals surface area (Å²) in [6.07, 6.45) is 3.24. The summed E-state index contributed by atoms with van der Waals surface area (Å²) in [6.45, 7) is 4.54. The van der Waals surface area contributed by atoms with Crippen molar-refractivity contribution in [1.29, 1.82) is 0 Å². The lowest BCUT2D eigenvalue weighted by atomic mass is 10.0. The summed E-state index contributed by atoms with van der Waals surface area (Å²) in [5, 5.41) is 15.1. The molecule has 4 nitrogen and oxygen atoms in total. The molecule has 1 aromatic heterocycles. The minimum atomic E-state index is -0.401. The van der Waals surface area contributed by atoms with Gasteiger partial charge in [-0.1, -0.05) is 37.3 Å². The molecule has 3 atom stereocenters. The Kier molecular flexibility index (Phi) is 5.18. The van der Waals surface area contributed by atoms with Gasteiger partial charge in [-0.15, -0.1) is 0 Å². The van der Waals surface area contributed by atoms with E-state index in [1.165, 1.54) is 5.56 Å². The third-order valence-electron chi connectivity index (χ3n) is 4.14. The van der Waals surface area contributed by atoms with Gasteiger partial charge in [-0.25, -0.2) is 0 Å². The maximum atomic E-state index is 10.4. The van der Waals surface area contributed by atoms with E-state index in [1.807, 2.05) is 24.0 Å². The molecule has 2 heterocycles. The number of benzene rings is 1. The molecule has 0 aliphatic carbocycles. The fourth-order valence-electron chi connectivity index (χ4n) is 3.17. The fraction of sp³-hybridized carbons (Fsp3) is 0.471. The zero-order valence-corrected chi connectivity index (χ0v) is 13.7. The number of nitrogens with zero attached hydrogens (tertiary/aromatic N) is 3. The van der Waals surface area contributed by atoms with Crippen LogP contribution in [0.5, 0.6) is 0 Å². The average Bonchev–Trinajstić information content (AvgIpc) is 3.01. The standard InChI is InChI=1S/C17H23N3OS/c1-14-17(15-6-3-2-4-7-15)19(10-11-22-14)12-16(21)13-20-9-5-8-18-20/h2-9,14,16-17,21H,10-13H2,1H3/t14-,16+,17-/m0/s1. The number of rotatable bonds is 5. The number of hydrogen-bond donors (Lipinski definition) is 1. The Balaban J connectivity index is 1.69. The molecule has 5 heteroatoms. The van der Waals surface area contributed by atoms with Gasteiger partial charge >= 0.3 is 0 Å². The first-order valence-corrected chi connectivity index (χ1v) is 8.85. The molecule has 0 unspecified atom stereocenters. The number of β-amino-alcohol motifs (C(OH)–C–C–N with tert-alkyl or cyclic N) is 1. The van der Waals surface area contributed by atoms with Gasteiger partial charge in [0.15, 0.2) is 0 Å². The van der Waals surface area contributed by atoms with Crippen LogP contribution in [0, 0.1) is 0 Å². The van der Waals surface area contributed by atoms with Crippen LogP contribution in [0.1, 0.15) is 18.5 Å². The van der Waals surface area contributed by atoms with Crippen molar-refractivity contribution < 1.29 is 5.11 Å².